The van der Waals surface area contributed by atoms with Crippen LogP contribution in [-0.4, -0.2) is 21.0 Å². The van der Waals surface area contributed by atoms with E-state index in [1.165, 1.54) is 6.07 Å². The number of halogens is 1. The summed E-state index contributed by atoms with van der Waals surface area (Å²) in [6.45, 7) is 1.73. The second-order valence-electron chi connectivity index (χ2n) is 7.40. The number of fused-ring (bicyclic) bond motifs is 1. The first-order valence-electron chi connectivity index (χ1n) is 9.92. The normalized spacial score (nSPS) is 11.0. The number of rotatable bonds is 4. The fraction of sp³-hybridized carbons (Fsp3) is 0.0385. The predicted molar refractivity (Wildman–Crippen MR) is 119 cm³/mol. The van der Waals surface area contributed by atoms with Crippen molar-refractivity contribution >= 4 is 16.8 Å². The average Bonchev–Trinajstić information content (AvgIpc) is 3.24. The first kappa shape index (κ1) is 18.9. The molecule has 1 N–H and O–H groups in total. The Labute approximate surface area is 178 Å². The van der Waals surface area contributed by atoms with Crippen LogP contribution in [0.1, 0.15) is 21.5 Å². The van der Waals surface area contributed by atoms with E-state index < -0.39 is 0 Å². The van der Waals surface area contributed by atoms with E-state index in [1.54, 1.807) is 13.0 Å². The molecule has 31 heavy (non-hydrogen) atoms. The molecule has 2 aromatic heterocycles. The molecular weight excluding hydrogens is 389 g/mol. The highest BCUT2D eigenvalue weighted by atomic mass is 19.1. The molecule has 0 unspecified atom stereocenters. The highest BCUT2D eigenvalue weighted by molar-refractivity contribution is 6.09. The summed E-state index contributed by atoms with van der Waals surface area (Å²) in [6, 6.07) is 25.5. The molecule has 0 aliphatic rings. The number of nitrogens with zero attached hydrogens (tertiary/aromatic N) is 2. The number of aryl methyl sites for hydroxylation is 1. The average molecular weight is 407 g/mol. The predicted octanol–water partition coefficient (Wildman–Crippen LogP) is 5.97. The molecule has 0 bridgehead atoms. The smallest absolute Gasteiger partial charge is 0.193 e. The van der Waals surface area contributed by atoms with Crippen LogP contribution in [0.4, 0.5) is 4.39 Å². The van der Waals surface area contributed by atoms with Crippen molar-refractivity contribution in [1.29, 1.82) is 0 Å². The van der Waals surface area contributed by atoms with E-state index in [9.17, 15) is 9.18 Å². The minimum Gasteiger partial charge on any atom is -0.289 e. The molecule has 4 nitrogen and oxygen atoms in total. The second-order valence-corrected chi connectivity index (χ2v) is 7.40. The molecule has 0 atom stereocenters. The van der Waals surface area contributed by atoms with Gasteiger partial charge in [-0.25, -0.2) is 9.37 Å². The molecule has 5 aromatic rings. The quantitative estimate of drug-likeness (QED) is 0.373. The van der Waals surface area contributed by atoms with Crippen molar-refractivity contribution in [1.82, 2.24) is 15.2 Å². The summed E-state index contributed by atoms with van der Waals surface area (Å²) in [5.74, 6) is -0.275. The van der Waals surface area contributed by atoms with E-state index in [0.717, 1.165) is 16.6 Å². The van der Waals surface area contributed by atoms with Gasteiger partial charge in [0.1, 0.15) is 11.5 Å². The topological polar surface area (TPSA) is 58.6 Å². The van der Waals surface area contributed by atoms with Crippen LogP contribution in [0.25, 0.3) is 33.5 Å². The van der Waals surface area contributed by atoms with Gasteiger partial charge < -0.3 is 0 Å². The molecule has 5 rings (SSSR count). The van der Waals surface area contributed by atoms with E-state index in [0.29, 0.717) is 33.6 Å². The van der Waals surface area contributed by atoms with Gasteiger partial charge in [-0.15, -0.1) is 0 Å². The van der Waals surface area contributed by atoms with Gasteiger partial charge >= 0.3 is 0 Å². The number of benzene rings is 3. The Kier molecular flexibility index (Phi) is 4.64. The molecular formula is C26H18FN3O. The molecule has 0 aliphatic heterocycles. The van der Waals surface area contributed by atoms with Crippen molar-refractivity contribution in [2.75, 3.05) is 0 Å². The molecule has 0 radical (unpaired) electrons. The molecule has 0 aliphatic carbocycles. The fourth-order valence-electron chi connectivity index (χ4n) is 3.57. The Hall–Kier alpha value is -4.12. The number of carbonyl (C=O) groups excluding carboxylic acids is 1. The van der Waals surface area contributed by atoms with Crippen LogP contribution in [0.2, 0.25) is 0 Å². The lowest BCUT2D eigenvalue weighted by atomic mass is 10.0. The zero-order valence-electron chi connectivity index (χ0n) is 16.8. The van der Waals surface area contributed by atoms with Crippen molar-refractivity contribution in [2.45, 2.75) is 6.92 Å². The highest BCUT2D eigenvalue weighted by Gasteiger charge is 2.13. The maximum absolute atomic E-state index is 14.0. The van der Waals surface area contributed by atoms with Gasteiger partial charge in [-0.3, -0.25) is 9.89 Å². The molecule has 2 heterocycles. The zero-order valence-corrected chi connectivity index (χ0v) is 16.8. The maximum atomic E-state index is 14.0. The van der Waals surface area contributed by atoms with Gasteiger partial charge in [-0.2, -0.15) is 5.10 Å². The first-order chi connectivity index (χ1) is 15.1. The minimum absolute atomic E-state index is 0.0147. The molecule has 0 saturated heterocycles. The number of H-pyrrole nitrogens is 1. The number of hydrogen-bond donors (Lipinski definition) is 1. The largest absolute Gasteiger partial charge is 0.289 e. The number of pyridine rings is 1. The van der Waals surface area contributed by atoms with E-state index in [2.05, 4.69) is 15.2 Å². The fourth-order valence-corrected chi connectivity index (χ4v) is 3.57. The molecule has 0 saturated carbocycles. The van der Waals surface area contributed by atoms with Gasteiger partial charge in [0.15, 0.2) is 11.4 Å². The SMILES string of the molecule is Cc1ccc(-c2n[nH]c3nc(-c4ccc(C(=O)c5ccccc5)cc4)ccc23)cc1F. The standard InChI is InChI=1S/C26H18FN3O/c1-16-7-8-20(15-22(16)27)24-21-13-14-23(28-26(21)30-29-24)17-9-11-19(12-10-17)25(31)18-5-3-2-4-6-18/h2-15H,1H3,(H,28,29,30). The molecule has 0 fully saturated rings. The monoisotopic (exact) mass is 407 g/mol. The molecule has 0 spiro atoms. The molecule has 0 amide bonds. The van der Waals surface area contributed by atoms with Crippen molar-refractivity contribution < 1.29 is 9.18 Å². The van der Waals surface area contributed by atoms with Gasteiger partial charge in [-0.05, 0) is 30.7 Å². The molecule has 150 valence electrons. The van der Waals surface area contributed by atoms with E-state index in [4.69, 9.17) is 0 Å². The Balaban J connectivity index is 1.46. The van der Waals surface area contributed by atoms with Crippen molar-refractivity contribution in [3.8, 4) is 22.5 Å². The van der Waals surface area contributed by atoms with Crippen molar-refractivity contribution in [2.24, 2.45) is 0 Å². The van der Waals surface area contributed by atoms with Crippen LogP contribution in [-0.2, 0) is 0 Å². The van der Waals surface area contributed by atoms with E-state index in [1.807, 2.05) is 72.8 Å². The third-order valence-electron chi connectivity index (χ3n) is 5.35. The second kappa shape index (κ2) is 7.61. The number of carbonyl (C=O) groups is 1. The summed E-state index contributed by atoms with van der Waals surface area (Å²) in [7, 11) is 0. The van der Waals surface area contributed by atoms with E-state index >= 15 is 0 Å². The number of aromatic amines is 1. The lowest BCUT2D eigenvalue weighted by Gasteiger charge is -2.05. The summed E-state index contributed by atoms with van der Waals surface area (Å²) >= 11 is 0. The third-order valence-corrected chi connectivity index (χ3v) is 5.35. The van der Waals surface area contributed by atoms with Gasteiger partial charge in [0.2, 0.25) is 0 Å². The van der Waals surface area contributed by atoms with Gasteiger partial charge in [0, 0.05) is 27.6 Å². The van der Waals surface area contributed by atoms with Gasteiger partial charge in [-0.1, -0.05) is 66.7 Å². The number of aromatic nitrogens is 3. The molecule has 3 aromatic carbocycles. The summed E-state index contributed by atoms with van der Waals surface area (Å²) in [4.78, 5) is 17.3. The third kappa shape index (κ3) is 3.51. The number of hydrogen-bond acceptors (Lipinski definition) is 3. The van der Waals surface area contributed by atoms with E-state index in [-0.39, 0.29) is 11.6 Å². The van der Waals surface area contributed by atoms with Crippen molar-refractivity contribution in [3.63, 3.8) is 0 Å². The summed E-state index contributed by atoms with van der Waals surface area (Å²) in [5.41, 5.74) is 5.52. The van der Waals surface area contributed by atoms with Crippen LogP contribution in [0.5, 0.6) is 0 Å². The Morgan fingerprint density at radius 1 is 0.839 bits per heavy atom. The van der Waals surface area contributed by atoms with Gasteiger partial charge in [0.05, 0.1) is 5.69 Å². The lowest BCUT2D eigenvalue weighted by Crippen LogP contribution is -2.00. The maximum Gasteiger partial charge on any atom is 0.193 e. The van der Waals surface area contributed by atoms with Crippen molar-refractivity contribution in [3.05, 3.63) is 107 Å². The van der Waals surface area contributed by atoms with Crippen LogP contribution in [0.15, 0.2) is 84.9 Å². The first-order valence-corrected chi connectivity index (χ1v) is 9.92. The number of ketones is 1. The summed E-state index contributed by atoms with van der Waals surface area (Å²) in [6.07, 6.45) is 0. The lowest BCUT2D eigenvalue weighted by molar-refractivity contribution is 0.103. The van der Waals surface area contributed by atoms with Crippen LogP contribution >= 0.6 is 0 Å². The molecule has 5 heteroatoms. The Bertz CT molecular complexity index is 1410. The highest BCUT2D eigenvalue weighted by Crippen LogP contribution is 2.29. The van der Waals surface area contributed by atoms with Crippen LogP contribution < -0.4 is 0 Å². The Morgan fingerprint density at radius 2 is 1.55 bits per heavy atom. The summed E-state index contributed by atoms with van der Waals surface area (Å²) < 4.78 is 14.0. The Morgan fingerprint density at radius 3 is 2.29 bits per heavy atom. The van der Waals surface area contributed by atoms with Crippen LogP contribution in [0, 0.1) is 12.7 Å². The van der Waals surface area contributed by atoms with Gasteiger partial charge in [0.25, 0.3) is 0 Å². The number of nitrogens with one attached hydrogen (secondary N) is 1. The van der Waals surface area contributed by atoms with Crippen LogP contribution in [0.3, 0.4) is 0 Å². The zero-order chi connectivity index (χ0) is 21.4. The summed E-state index contributed by atoms with van der Waals surface area (Å²) in [5, 5.41) is 8.11. The minimum atomic E-state index is -0.261.